The van der Waals surface area contributed by atoms with Crippen molar-refractivity contribution in [2.45, 2.75) is 6.42 Å². The van der Waals surface area contributed by atoms with Crippen LogP contribution in [0.1, 0.15) is 5.56 Å². The van der Waals surface area contributed by atoms with E-state index in [1.165, 1.54) is 6.07 Å². The van der Waals surface area contributed by atoms with Crippen molar-refractivity contribution in [2.24, 2.45) is 0 Å². The molecule has 1 aromatic rings. The Labute approximate surface area is 95.5 Å². The molecular formula is C11H14ClNO2. The molecule has 0 aliphatic heterocycles. The van der Waals surface area contributed by atoms with Gasteiger partial charge in [0.05, 0.1) is 6.54 Å². The van der Waals surface area contributed by atoms with Gasteiger partial charge in [-0.1, -0.05) is 12.0 Å². The largest absolute Gasteiger partial charge is 0.504 e. The van der Waals surface area contributed by atoms with Crippen LogP contribution >= 0.6 is 12.4 Å². The summed E-state index contributed by atoms with van der Waals surface area (Å²) < 4.78 is 0. The van der Waals surface area contributed by atoms with Gasteiger partial charge in [-0.15, -0.1) is 18.8 Å². The maximum Gasteiger partial charge on any atom is 0.157 e. The number of phenolic OH excluding ortho intramolecular Hbond substituents is 2. The Balaban J connectivity index is 0.00000196. The summed E-state index contributed by atoms with van der Waals surface area (Å²) in [6.07, 6.45) is 5.84. The molecule has 1 aromatic carbocycles. The van der Waals surface area contributed by atoms with Gasteiger partial charge in [0.15, 0.2) is 11.5 Å². The molecule has 0 saturated carbocycles. The van der Waals surface area contributed by atoms with Crippen LogP contribution in [0.15, 0.2) is 18.2 Å². The van der Waals surface area contributed by atoms with Crippen molar-refractivity contribution in [1.29, 1.82) is 0 Å². The summed E-state index contributed by atoms with van der Waals surface area (Å²) in [4.78, 5) is 0. The minimum Gasteiger partial charge on any atom is -0.504 e. The highest BCUT2D eigenvalue weighted by atomic mass is 35.5. The van der Waals surface area contributed by atoms with Crippen LogP contribution in [0.3, 0.4) is 0 Å². The zero-order chi connectivity index (χ0) is 10.4. The smallest absolute Gasteiger partial charge is 0.157 e. The Morgan fingerprint density at radius 1 is 1.27 bits per heavy atom. The van der Waals surface area contributed by atoms with Crippen molar-refractivity contribution in [3.05, 3.63) is 23.8 Å². The fourth-order valence-corrected chi connectivity index (χ4v) is 1.12. The zero-order valence-electron chi connectivity index (χ0n) is 8.23. The van der Waals surface area contributed by atoms with Gasteiger partial charge in [-0.2, -0.15) is 0 Å². The molecule has 1 rings (SSSR count). The number of phenols is 2. The topological polar surface area (TPSA) is 52.5 Å². The van der Waals surface area contributed by atoms with Gasteiger partial charge in [0.2, 0.25) is 0 Å². The lowest BCUT2D eigenvalue weighted by molar-refractivity contribution is 0.403. The minimum absolute atomic E-state index is 0. The molecule has 0 aromatic heterocycles. The molecule has 0 fully saturated rings. The van der Waals surface area contributed by atoms with Gasteiger partial charge in [-0.05, 0) is 24.1 Å². The van der Waals surface area contributed by atoms with E-state index in [1.54, 1.807) is 12.1 Å². The number of aromatic hydroxyl groups is 2. The molecule has 0 atom stereocenters. The van der Waals surface area contributed by atoms with E-state index in [1.807, 2.05) is 0 Å². The summed E-state index contributed by atoms with van der Waals surface area (Å²) in [5, 5.41) is 21.3. The maximum atomic E-state index is 9.20. The Bertz CT molecular complexity index is 347. The average molecular weight is 228 g/mol. The first-order chi connectivity index (χ1) is 6.74. The van der Waals surface area contributed by atoms with Gasteiger partial charge >= 0.3 is 0 Å². The highest BCUT2D eigenvalue weighted by Crippen LogP contribution is 2.24. The standard InChI is InChI=1S/C11H13NO2.ClH/c1-2-6-12-7-5-9-3-4-10(13)11(14)8-9;/h1,3-4,8,12-14H,5-7H2;1H. The van der Waals surface area contributed by atoms with Gasteiger partial charge < -0.3 is 15.5 Å². The van der Waals surface area contributed by atoms with E-state index >= 15 is 0 Å². The molecule has 3 nitrogen and oxygen atoms in total. The van der Waals surface area contributed by atoms with E-state index < -0.39 is 0 Å². The van der Waals surface area contributed by atoms with Crippen molar-refractivity contribution in [3.63, 3.8) is 0 Å². The average Bonchev–Trinajstić information content (AvgIpc) is 2.18. The Kier molecular flexibility index (Phi) is 6.35. The number of nitrogens with one attached hydrogen (secondary N) is 1. The number of rotatable bonds is 4. The van der Waals surface area contributed by atoms with Crippen LogP contribution in [0.25, 0.3) is 0 Å². The molecule has 0 aliphatic carbocycles. The highest BCUT2D eigenvalue weighted by Gasteiger charge is 1.99. The van der Waals surface area contributed by atoms with Gasteiger partial charge in [0, 0.05) is 6.54 Å². The lowest BCUT2D eigenvalue weighted by Gasteiger charge is -2.03. The van der Waals surface area contributed by atoms with E-state index in [0.717, 1.165) is 18.5 Å². The lowest BCUT2D eigenvalue weighted by atomic mass is 10.1. The molecule has 15 heavy (non-hydrogen) atoms. The predicted octanol–water partition coefficient (Wildman–Crippen LogP) is 1.28. The second-order valence-electron chi connectivity index (χ2n) is 2.95. The molecular weight excluding hydrogens is 214 g/mol. The van der Waals surface area contributed by atoms with Crippen molar-refractivity contribution in [2.75, 3.05) is 13.1 Å². The fourth-order valence-electron chi connectivity index (χ4n) is 1.12. The summed E-state index contributed by atoms with van der Waals surface area (Å²) in [6.45, 7) is 1.30. The maximum absolute atomic E-state index is 9.20. The van der Waals surface area contributed by atoms with Gasteiger partial charge in [0.25, 0.3) is 0 Å². The first-order valence-electron chi connectivity index (χ1n) is 4.39. The van der Waals surface area contributed by atoms with Crippen LogP contribution in [0.4, 0.5) is 0 Å². The van der Waals surface area contributed by atoms with Gasteiger partial charge in [-0.3, -0.25) is 0 Å². The van der Waals surface area contributed by atoms with Crippen molar-refractivity contribution in [3.8, 4) is 23.8 Å². The Morgan fingerprint density at radius 2 is 2.00 bits per heavy atom. The summed E-state index contributed by atoms with van der Waals surface area (Å²) in [6, 6.07) is 4.80. The van der Waals surface area contributed by atoms with E-state index in [4.69, 9.17) is 11.5 Å². The summed E-state index contributed by atoms with van der Waals surface area (Å²) in [7, 11) is 0. The number of benzene rings is 1. The number of terminal acetylenes is 1. The lowest BCUT2D eigenvalue weighted by Crippen LogP contribution is -2.17. The summed E-state index contributed by atoms with van der Waals surface area (Å²) in [5.41, 5.74) is 0.963. The summed E-state index contributed by atoms with van der Waals surface area (Å²) >= 11 is 0. The molecule has 4 heteroatoms. The van der Waals surface area contributed by atoms with Crippen LogP contribution in [0.5, 0.6) is 11.5 Å². The second kappa shape index (κ2) is 6.99. The van der Waals surface area contributed by atoms with Gasteiger partial charge in [0.1, 0.15) is 0 Å². The zero-order valence-corrected chi connectivity index (χ0v) is 9.05. The third kappa shape index (κ3) is 4.59. The van der Waals surface area contributed by atoms with E-state index in [9.17, 15) is 5.11 Å². The van der Waals surface area contributed by atoms with Crippen molar-refractivity contribution < 1.29 is 10.2 Å². The highest BCUT2D eigenvalue weighted by molar-refractivity contribution is 5.85. The van der Waals surface area contributed by atoms with E-state index in [-0.39, 0.29) is 23.9 Å². The quantitative estimate of drug-likeness (QED) is 0.413. The molecule has 82 valence electrons. The number of hydrogen-bond acceptors (Lipinski definition) is 3. The molecule has 0 heterocycles. The number of halogens is 1. The third-order valence-electron chi connectivity index (χ3n) is 1.86. The predicted molar refractivity (Wildman–Crippen MR) is 62.4 cm³/mol. The van der Waals surface area contributed by atoms with Crippen LogP contribution < -0.4 is 5.32 Å². The molecule has 0 aliphatic rings. The first kappa shape index (κ1) is 13.6. The van der Waals surface area contributed by atoms with E-state index in [2.05, 4.69) is 11.2 Å². The normalized spacial score (nSPS) is 9.00. The molecule has 0 spiro atoms. The molecule has 0 unspecified atom stereocenters. The first-order valence-corrected chi connectivity index (χ1v) is 4.39. The van der Waals surface area contributed by atoms with Crippen LogP contribution in [-0.2, 0) is 6.42 Å². The van der Waals surface area contributed by atoms with Crippen LogP contribution in [-0.4, -0.2) is 23.3 Å². The van der Waals surface area contributed by atoms with Crippen molar-refractivity contribution >= 4 is 12.4 Å². The minimum atomic E-state index is -0.0923. The molecule has 3 N–H and O–H groups in total. The Morgan fingerprint density at radius 3 is 2.60 bits per heavy atom. The monoisotopic (exact) mass is 227 g/mol. The Hall–Kier alpha value is -1.37. The SMILES string of the molecule is C#CCNCCc1ccc(O)c(O)c1.Cl. The second-order valence-corrected chi connectivity index (χ2v) is 2.95. The van der Waals surface area contributed by atoms with Gasteiger partial charge in [-0.25, -0.2) is 0 Å². The molecule has 0 saturated heterocycles. The molecule has 0 amide bonds. The van der Waals surface area contributed by atoms with Crippen LogP contribution in [0.2, 0.25) is 0 Å². The van der Waals surface area contributed by atoms with Crippen molar-refractivity contribution in [1.82, 2.24) is 5.32 Å². The van der Waals surface area contributed by atoms with E-state index in [0.29, 0.717) is 6.54 Å². The molecule has 0 radical (unpaired) electrons. The fraction of sp³-hybridized carbons (Fsp3) is 0.273. The third-order valence-corrected chi connectivity index (χ3v) is 1.86. The summed E-state index contributed by atoms with van der Waals surface area (Å²) in [5.74, 6) is 2.30. The number of hydrogen-bond donors (Lipinski definition) is 3. The molecule has 0 bridgehead atoms. The van der Waals surface area contributed by atoms with Crippen LogP contribution in [0, 0.1) is 12.3 Å².